The number of hydrogen-bond acceptors (Lipinski definition) is 2. The highest BCUT2D eigenvalue weighted by atomic mass is 19.4. The van der Waals surface area contributed by atoms with Crippen LogP contribution in [0.4, 0.5) is 18.0 Å². The summed E-state index contributed by atoms with van der Waals surface area (Å²) in [6.45, 7) is 5.57. The van der Waals surface area contributed by atoms with Crippen molar-refractivity contribution in [3.05, 3.63) is 0 Å². The van der Waals surface area contributed by atoms with E-state index in [1.165, 1.54) is 0 Å². The predicted molar refractivity (Wildman–Crippen MR) is 44.9 cm³/mol. The molecule has 0 heterocycles. The maximum atomic E-state index is 12.0. The number of rotatable bonds is 1. The molecule has 0 aliphatic heterocycles. The van der Waals surface area contributed by atoms with Crippen LogP contribution in [-0.4, -0.2) is 23.9 Å². The maximum absolute atomic E-state index is 12.0. The zero-order chi connectivity index (χ0) is 11.6. The van der Waals surface area contributed by atoms with Crippen LogP contribution in [0.1, 0.15) is 27.7 Å². The standard InChI is InChI=1S/C8H14F3NO2/c1-5(8(9,10)11)12-6(13)14-7(2,3)4/h5H,1-4H3,(H,12,13). The summed E-state index contributed by atoms with van der Waals surface area (Å²) >= 11 is 0. The van der Waals surface area contributed by atoms with E-state index in [0.29, 0.717) is 0 Å². The zero-order valence-corrected chi connectivity index (χ0v) is 8.53. The smallest absolute Gasteiger partial charge is 0.408 e. The average Bonchev–Trinajstić information content (AvgIpc) is 1.79. The third-order valence-electron chi connectivity index (χ3n) is 1.22. The predicted octanol–water partition coefficient (Wildman–Crippen LogP) is 2.46. The minimum absolute atomic E-state index is 0.796. The lowest BCUT2D eigenvalue weighted by atomic mass is 10.2. The van der Waals surface area contributed by atoms with E-state index in [1.54, 1.807) is 26.1 Å². The Kier molecular flexibility index (Phi) is 3.79. The Morgan fingerprint density at radius 3 is 2.00 bits per heavy atom. The number of ether oxygens (including phenoxy) is 1. The maximum Gasteiger partial charge on any atom is 0.408 e. The lowest BCUT2D eigenvalue weighted by Crippen LogP contribution is -2.45. The molecule has 0 bridgehead atoms. The van der Waals surface area contributed by atoms with Gasteiger partial charge < -0.3 is 10.1 Å². The van der Waals surface area contributed by atoms with Crippen LogP contribution >= 0.6 is 0 Å². The molecule has 0 aromatic carbocycles. The number of amides is 1. The van der Waals surface area contributed by atoms with E-state index in [4.69, 9.17) is 0 Å². The lowest BCUT2D eigenvalue weighted by molar-refractivity contribution is -0.150. The summed E-state index contributed by atoms with van der Waals surface area (Å²) in [4.78, 5) is 10.9. The summed E-state index contributed by atoms with van der Waals surface area (Å²) in [6, 6.07) is -1.91. The van der Waals surface area contributed by atoms with E-state index in [-0.39, 0.29) is 0 Å². The largest absolute Gasteiger partial charge is 0.444 e. The van der Waals surface area contributed by atoms with Gasteiger partial charge in [0.25, 0.3) is 0 Å². The SMILES string of the molecule is CC(NC(=O)OC(C)(C)C)C(F)(F)F. The van der Waals surface area contributed by atoms with Crippen LogP contribution in [0.25, 0.3) is 0 Å². The Morgan fingerprint density at radius 2 is 1.71 bits per heavy atom. The van der Waals surface area contributed by atoms with Crippen LogP contribution < -0.4 is 5.32 Å². The van der Waals surface area contributed by atoms with Gasteiger partial charge in [0.1, 0.15) is 11.6 Å². The minimum atomic E-state index is -4.45. The Labute approximate surface area is 80.6 Å². The molecular formula is C8H14F3NO2. The molecule has 1 N–H and O–H groups in total. The molecule has 14 heavy (non-hydrogen) atoms. The minimum Gasteiger partial charge on any atom is -0.444 e. The first-order valence-corrected chi connectivity index (χ1v) is 4.08. The molecule has 6 heteroatoms. The number of halogens is 3. The Balaban J connectivity index is 4.09. The van der Waals surface area contributed by atoms with E-state index < -0.39 is 23.9 Å². The average molecular weight is 213 g/mol. The molecule has 0 aromatic rings. The van der Waals surface area contributed by atoms with Crippen molar-refractivity contribution in [1.82, 2.24) is 5.32 Å². The molecule has 84 valence electrons. The van der Waals surface area contributed by atoms with Gasteiger partial charge in [0.2, 0.25) is 0 Å². The van der Waals surface area contributed by atoms with Gasteiger partial charge >= 0.3 is 12.3 Å². The molecule has 0 rings (SSSR count). The number of carbonyl (C=O) groups is 1. The summed E-state index contributed by atoms with van der Waals surface area (Å²) in [5.41, 5.74) is -0.796. The van der Waals surface area contributed by atoms with Gasteiger partial charge in [-0.15, -0.1) is 0 Å². The molecule has 0 spiro atoms. The fourth-order valence-corrected chi connectivity index (χ4v) is 0.566. The Hall–Kier alpha value is -0.940. The molecule has 1 atom stereocenters. The molecule has 1 amide bonds. The third kappa shape index (κ3) is 5.66. The Morgan fingerprint density at radius 1 is 1.29 bits per heavy atom. The number of alkyl carbamates (subject to hydrolysis) is 1. The van der Waals surface area contributed by atoms with Gasteiger partial charge in [-0.05, 0) is 27.7 Å². The van der Waals surface area contributed by atoms with Crippen molar-refractivity contribution < 1.29 is 22.7 Å². The highest BCUT2D eigenvalue weighted by Gasteiger charge is 2.37. The van der Waals surface area contributed by atoms with Crippen molar-refractivity contribution in [2.24, 2.45) is 0 Å². The summed E-state index contributed by atoms with van der Waals surface area (Å²) in [7, 11) is 0. The molecule has 0 saturated carbocycles. The second-order valence-electron chi connectivity index (χ2n) is 3.91. The van der Waals surface area contributed by atoms with Crippen molar-refractivity contribution in [2.45, 2.75) is 45.5 Å². The highest BCUT2D eigenvalue weighted by Crippen LogP contribution is 2.19. The van der Waals surface area contributed by atoms with Crippen molar-refractivity contribution in [3.8, 4) is 0 Å². The van der Waals surface area contributed by atoms with E-state index >= 15 is 0 Å². The van der Waals surface area contributed by atoms with Gasteiger partial charge in [-0.2, -0.15) is 13.2 Å². The van der Waals surface area contributed by atoms with E-state index in [9.17, 15) is 18.0 Å². The summed E-state index contributed by atoms with van der Waals surface area (Å²) < 4.78 is 40.6. The van der Waals surface area contributed by atoms with Crippen LogP contribution in [-0.2, 0) is 4.74 Å². The van der Waals surface area contributed by atoms with Gasteiger partial charge in [-0.1, -0.05) is 0 Å². The van der Waals surface area contributed by atoms with Crippen molar-refractivity contribution in [1.29, 1.82) is 0 Å². The molecule has 0 saturated heterocycles. The third-order valence-corrected chi connectivity index (χ3v) is 1.22. The summed E-state index contributed by atoms with van der Waals surface area (Å²) in [5.74, 6) is 0. The van der Waals surface area contributed by atoms with E-state index in [1.807, 2.05) is 0 Å². The van der Waals surface area contributed by atoms with Gasteiger partial charge in [0.15, 0.2) is 0 Å². The fraction of sp³-hybridized carbons (Fsp3) is 0.875. The first-order valence-electron chi connectivity index (χ1n) is 4.08. The van der Waals surface area contributed by atoms with Crippen molar-refractivity contribution in [3.63, 3.8) is 0 Å². The number of nitrogens with one attached hydrogen (secondary N) is 1. The quantitative estimate of drug-likeness (QED) is 0.726. The molecule has 0 aliphatic rings. The molecule has 0 fully saturated rings. The van der Waals surface area contributed by atoms with E-state index in [2.05, 4.69) is 4.74 Å². The van der Waals surface area contributed by atoms with Crippen LogP contribution in [0.5, 0.6) is 0 Å². The molecule has 0 radical (unpaired) electrons. The van der Waals surface area contributed by atoms with Gasteiger partial charge in [0, 0.05) is 0 Å². The summed E-state index contributed by atoms with van der Waals surface area (Å²) in [6.07, 6.45) is -5.51. The number of hydrogen-bond donors (Lipinski definition) is 1. The highest BCUT2D eigenvalue weighted by molar-refractivity contribution is 5.68. The number of carbonyl (C=O) groups excluding carboxylic acids is 1. The lowest BCUT2D eigenvalue weighted by Gasteiger charge is -2.22. The van der Waals surface area contributed by atoms with Crippen molar-refractivity contribution in [2.75, 3.05) is 0 Å². The number of alkyl halides is 3. The van der Waals surface area contributed by atoms with Crippen LogP contribution in [0.2, 0.25) is 0 Å². The van der Waals surface area contributed by atoms with Crippen LogP contribution in [0.3, 0.4) is 0 Å². The second kappa shape index (κ2) is 4.06. The summed E-state index contributed by atoms with van der Waals surface area (Å²) in [5, 5.41) is 1.69. The second-order valence-corrected chi connectivity index (χ2v) is 3.91. The molecule has 3 nitrogen and oxygen atoms in total. The first-order chi connectivity index (χ1) is 6.02. The van der Waals surface area contributed by atoms with Gasteiger partial charge in [0.05, 0.1) is 0 Å². The van der Waals surface area contributed by atoms with Crippen molar-refractivity contribution >= 4 is 6.09 Å². The monoisotopic (exact) mass is 213 g/mol. The topological polar surface area (TPSA) is 38.3 Å². The Bertz CT molecular complexity index is 208. The normalized spacial score (nSPS) is 14.8. The molecular weight excluding hydrogens is 199 g/mol. The molecule has 0 aromatic heterocycles. The van der Waals surface area contributed by atoms with Gasteiger partial charge in [-0.3, -0.25) is 0 Å². The fourth-order valence-electron chi connectivity index (χ4n) is 0.566. The molecule has 0 aliphatic carbocycles. The molecule has 1 unspecified atom stereocenters. The first kappa shape index (κ1) is 13.1. The van der Waals surface area contributed by atoms with E-state index in [0.717, 1.165) is 6.92 Å². The van der Waals surface area contributed by atoms with Gasteiger partial charge in [-0.25, -0.2) is 4.79 Å². The van der Waals surface area contributed by atoms with Crippen LogP contribution in [0.15, 0.2) is 0 Å². The zero-order valence-electron chi connectivity index (χ0n) is 8.53. The van der Waals surface area contributed by atoms with Crippen LogP contribution in [0, 0.1) is 0 Å².